The Bertz CT molecular complexity index is 793. The summed E-state index contributed by atoms with van der Waals surface area (Å²) in [7, 11) is 3.35. The molecule has 6 nitrogen and oxygen atoms in total. The monoisotopic (exact) mass is 342 g/mol. The van der Waals surface area contributed by atoms with E-state index >= 15 is 0 Å². The molecule has 6 heteroatoms. The summed E-state index contributed by atoms with van der Waals surface area (Å²) in [6, 6.07) is 10.2. The van der Waals surface area contributed by atoms with Crippen LogP contribution >= 0.6 is 0 Å². The maximum absolute atomic E-state index is 6.10. The molecule has 0 bridgehead atoms. The highest BCUT2D eigenvalue weighted by molar-refractivity contribution is 5.51. The minimum absolute atomic E-state index is 0.112. The third-order valence-electron chi connectivity index (χ3n) is 4.85. The lowest BCUT2D eigenvalue weighted by atomic mass is 10.0. The molecule has 0 amide bonds. The largest absolute Gasteiger partial charge is 0.497 e. The molecule has 0 aromatic heterocycles. The van der Waals surface area contributed by atoms with E-state index in [2.05, 4.69) is 17.0 Å². The maximum Gasteiger partial charge on any atom is 0.231 e. The van der Waals surface area contributed by atoms with Crippen LogP contribution in [0, 0.1) is 0 Å². The molecule has 2 N–H and O–H groups in total. The Hall–Kier alpha value is -2.44. The lowest BCUT2D eigenvalue weighted by Gasteiger charge is -2.24. The van der Waals surface area contributed by atoms with E-state index in [1.54, 1.807) is 14.2 Å². The average molecular weight is 342 g/mol. The highest BCUT2D eigenvalue weighted by Gasteiger charge is 2.33. The van der Waals surface area contributed by atoms with Crippen molar-refractivity contribution < 1.29 is 18.9 Å². The number of ether oxygens (including phenoxy) is 4. The first-order valence-electron chi connectivity index (χ1n) is 8.31. The van der Waals surface area contributed by atoms with E-state index < -0.39 is 0 Å². The molecule has 1 unspecified atom stereocenters. The molecular weight excluding hydrogens is 320 g/mol. The Kier molecular flexibility index (Phi) is 4.15. The molecule has 25 heavy (non-hydrogen) atoms. The van der Waals surface area contributed by atoms with E-state index in [4.69, 9.17) is 24.7 Å². The molecule has 2 aromatic rings. The summed E-state index contributed by atoms with van der Waals surface area (Å²) in [4.78, 5) is 2.35. The van der Waals surface area contributed by atoms with Gasteiger partial charge in [0.05, 0.1) is 20.3 Å². The van der Waals surface area contributed by atoms with Crippen LogP contribution < -0.4 is 24.7 Å². The maximum atomic E-state index is 6.10. The van der Waals surface area contributed by atoms with Crippen molar-refractivity contribution in [3.63, 3.8) is 0 Å². The molecule has 0 fully saturated rings. The molecule has 2 aromatic carbocycles. The van der Waals surface area contributed by atoms with Crippen LogP contribution in [0.3, 0.4) is 0 Å². The second kappa shape index (κ2) is 6.46. The number of nitrogens with zero attached hydrogens (tertiary/aromatic N) is 1. The van der Waals surface area contributed by atoms with Crippen molar-refractivity contribution in [1.29, 1.82) is 0 Å². The van der Waals surface area contributed by atoms with Gasteiger partial charge in [0.25, 0.3) is 0 Å². The molecule has 1 atom stereocenters. The molecule has 2 heterocycles. The van der Waals surface area contributed by atoms with Crippen LogP contribution in [0.15, 0.2) is 30.3 Å². The van der Waals surface area contributed by atoms with Gasteiger partial charge >= 0.3 is 0 Å². The molecule has 2 aliphatic rings. The highest BCUT2D eigenvalue weighted by Crippen LogP contribution is 2.43. The first-order valence-corrected chi connectivity index (χ1v) is 8.31. The number of rotatable bonds is 5. The molecule has 2 aliphatic heterocycles. The van der Waals surface area contributed by atoms with Gasteiger partial charge in [-0.1, -0.05) is 6.07 Å². The summed E-state index contributed by atoms with van der Waals surface area (Å²) in [5.74, 6) is 3.24. The highest BCUT2D eigenvalue weighted by atomic mass is 16.7. The topological polar surface area (TPSA) is 66.2 Å². The predicted octanol–water partition coefficient (Wildman–Crippen LogP) is 2.45. The van der Waals surface area contributed by atoms with Gasteiger partial charge in [-0.15, -0.1) is 0 Å². The zero-order valence-electron chi connectivity index (χ0n) is 14.5. The molecule has 4 rings (SSSR count). The van der Waals surface area contributed by atoms with Gasteiger partial charge in [0.1, 0.15) is 11.5 Å². The lowest BCUT2D eigenvalue weighted by molar-refractivity contribution is 0.173. The summed E-state index contributed by atoms with van der Waals surface area (Å²) in [5, 5.41) is 0. The SMILES string of the molecule is COc1cc2c(c(OC)c1)C(CN)N(Cc1ccc3c(c1)OCO3)C2. The fourth-order valence-corrected chi connectivity index (χ4v) is 3.67. The standard InChI is InChI=1S/C19H22N2O4/c1-22-14-6-13-10-21(15(8-20)19(13)18(7-14)23-2)9-12-3-4-16-17(5-12)25-11-24-16/h3-7,15H,8-11,20H2,1-2H3. The van der Waals surface area contributed by atoms with Gasteiger partial charge in [0.15, 0.2) is 11.5 Å². The smallest absolute Gasteiger partial charge is 0.231 e. The fourth-order valence-electron chi connectivity index (χ4n) is 3.67. The van der Waals surface area contributed by atoms with Crippen LogP contribution in [0.4, 0.5) is 0 Å². The van der Waals surface area contributed by atoms with Gasteiger partial charge in [-0.05, 0) is 29.3 Å². The third-order valence-corrected chi connectivity index (χ3v) is 4.85. The van der Waals surface area contributed by atoms with Crippen molar-refractivity contribution in [3.8, 4) is 23.0 Å². The van der Waals surface area contributed by atoms with Crippen molar-refractivity contribution in [3.05, 3.63) is 47.0 Å². The summed E-state index contributed by atoms with van der Waals surface area (Å²) in [6.45, 7) is 2.40. The Morgan fingerprint density at radius 2 is 1.96 bits per heavy atom. The second-order valence-corrected chi connectivity index (χ2v) is 6.25. The minimum Gasteiger partial charge on any atom is -0.497 e. The molecule has 0 aliphatic carbocycles. The van der Waals surface area contributed by atoms with Crippen LogP contribution in [-0.2, 0) is 13.1 Å². The molecular formula is C19H22N2O4. The van der Waals surface area contributed by atoms with Crippen LogP contribution in [0.1, 0.15) is 22.7 Å². The van der Waals surface area contributed by atoms with E-state index in [1.165, 1.54) is 11.1 Å². The Balaban J connectivity index is 1.63. The molecule has 0 spiro atoms. The molecule has 0 saturated carbocycles. The summed E-state index contributed by atoms with van der Waals surface area (Å²) < 4.78 is 21.9. The zero-order valence-corrected chi connectivity index (χ0v) is 14.5. The van der Waals surface area contributed by atoms with Crippen molar-refractivity contribution in [2.45, 2.75) is 19.1 Å². The first kappa shape index (κ1) is 16.1. The van der Waals surface area contributed by atoms with Crippen molar-refractivity contribution in [1.82, 2.24) is 4.90 Å². The average Bonchev–Trinajstić information content (AvgIpc) is 3.23. The van der Waals surface area contributed by atoms with Crippen LogP contribution in [0.2, 0.25) is 0 Å². The van der Waals surface area contributed by atoms with Crippen LogP contribution in [0.5, 0.6) is 23.0 Å². The Morgan fingerprint density at radius 1 is 1.12 bits per heavy atom. The number of nitrogens with two attached hydrogens (primary N) is 1. The van der Waals surface area contributed by atoms with Gasteiger partial charge in [0, 0.05) is 31.3 Å². The van der Waals surface area contributed by atoms with E-state index in [0.717, 1.165) is 41.7 Å². The quantitative estimate of drug-likeness (QED) is 0.900. The zero-order chi connectivity index (χ0) is 17.4. The van der Waals surface area contributed by atoms with Gasteiger partial charge in [-0.3, -0.25) is 4.90 Å². The number of hydrogen-bond acceptors (Lipinski definition) is 6. The number of hydrogen-bond donors (Lipinski definition) is 1. The number of methoxy groups -OCH3 is 2. The Morgan fingerprint density at radius 3 is 2.72 bits per heavy atom. The van der Waals surface area contributed by atoms with E-state index in [-0.39, 0.29) is 12.8 Å². The van der Waals surface area contributed by atoms with Crippen molar-refractivity contribution in [2.24, 2.45) is 5.73 Å². The van der Waals surface area contributed by atoms with Crippen LogP contribution in [0.25, 0.3) is 0 Å². The van der Waals surface area contributed by atoms with E-state index in [1.807, 2.05) is 18.2 Å². The lowest BCUT2D eigenvalue weighted by Crippen LogP contribution is -2.27. The normalized spacial score (nSPS) is 18.3. The van der Waals surface area contributed by atoms with Crippen LogP contribution in [-0.4, -0.2) is 32.5 Å². The van der Waals surface area contributed by atoms with Gasteiger partial charge in [0.2, 0.25) is 6.79 Å². The Labute approximate surface area is 147 Å². The molecule has 0 saturated heterocycles. The second-order valence-electron chi connectivity index (χ2n) is 6.25. The van der Waals surface area contributed by atoms with Crippen molar-refractivity contribution in [2.75, 3.05) is 27.6 Å². The summed E-state index contributed by atoms with van der Waals surface area (Å²) in [5.41, 5.74) is 9.63. The minimum atomic E-state index is 0.112. The molecule has 132 valence electrons. The fraction of sp³-hybridized carbons (Fsp3) is 0.368. The summed E-state index contributed by atoms with van der Waals surface area (Å²) in [6.07, 6.45) is 0. The van der Waals surface area contributed by atoms with E-state index in [0.29, 0.717) is 6.54 Å². The van der Waals surface area contributed by atoms with Gasteiger partial charge in [-0.25, -0.2) is 0 Å². The number of fused-ring (bicyclic) bond motifs is 2. The first-order chi connectivity index (χ1) is 12.2. The molecule has 0 radical (unpaired) electrons. The predicted molar refractivity (Wildman–Crippen MR) is 93.2 cm³/mol. The van der Waals surface area contributed by atoms with E-state index in [9.17, 15) is 0 Å². The van der Waals surface area contributed by atoms with Gasteiger partial charge < -0.3 is 24.7 Å². The number of benzene rings is 2. The van der Waals surface area contributed by atoms with Gasteiger partial charge in [-0.2, -0.15) is 0 Å². The van der Waals surface area contributed by atoms with Crippen molar-refractivity contribution >= 4 is 0 Å². The third kappa shape index (κ3) is 2.77. The summed E-state index contributed by atoms with van der Waals surface area (Å²) >= 11 is 0.